The van der Waals surface area contributed by atoms with Crippen LogP contribution >= 0.6 is 11.8 Å². The molecule has 5 heteroatoms. The van der Waals surface area contributed by atoms with Crippen molar-refractivity contribution in [3.8, 4) is 6.07 Å². The average Bonchev–Trinajstić information content (AvgIpc) is 2.91. The van der Waals surface area contributed by atoms with E-state index in [1.165, 1.54) is 11.8 Å². The number of carbonyl (C=O) groups excluding carboxylic acids is 1. The first-order chi connectivity index (χ1) is 9.22. The van der Waals surface area contributed by atoms with Crippen molar-refractivity contribution in [3.63, 3.8) is 0 Å². The van der Waals surface area contributed by atoms with Gasteiger partial charge in [0.2, 0.25) is 0 Å². The molecule has 98 valence electrons. The minimum atomic E-state index is -0.223. The van der Waals surface area contributed by atoms with Crippen LogP contribution < -0.4 is 10.6 Å². The first-order valence-corrected chi connectivity index (χ1v) is 7.26. The van der Waals surface area contributed by atoms with E-state index in [0.29, 0.717) is 11.3 Å². The molecule has 0 saturated carbocycles. The number of anilines is 1. The summed E-state index contributed by atoms with van der Waals surface area (Å²) in [6.45, 7) is 0. The van der Waals surface area contributed by atoms with Crippen molar-refractivity contribution in [1.29, 1.82) is 5.26 Å². The van der Waals surface area contributed by atoms with Gasteiger partial charge in [-0.15, -0.1) is 11.8 Å². The van der Waals surface area contributed by atoms with Gasteiger partial charge in [0, 0.05) is 10.9 Å². The summed E-state index contributed by atoms with van der Waals surface area (Å²) in [6, 6.07) is 7.31. The number of nitriles is 1. The molecule has 2 N–H and O–H groups in total. The zero-order valence-corrected chi connectivity index (χ0v) is 11.5. The predicted molar refractivity (Wildman–Crippen MR) is 77.3 cm³/mol. The van der Waals surface area contributed by atoms with Gasteiger partial charge in [-0.1, -0.05) is 12.2 Å². The zero-order valence-electron chi connectivity index (χ0n) is 10.6. The molecule has 0 bridgehead atoms. The van der Waals surface area contributed by atoms with Crippen molar-refractivity contribution in [2.75, 3.05) is 11.6 Å². The van der Waals surface area contributed by atoms with Crippen LogP contribution in [0.4, 0.5) is 10.5 Å². The number of nitrogens with one attached hydrogen (secondary N) is 2. The van der Waals surface area contributed by atoms with Crippen molar-refractivity contribution >= 4 is 23.5 Å². The maximum atomic E-state index is 11.9. The zero-order chi connectivity index (χ0) is 13.7. The summed E-state index contributed by atoms with van der Waals surface area (Å²) in [5.41, 5.74) is 1.21. The highest BCUT2D eigenvalue weighted by Gasteiger charge is 2.14. The molecule has 0 spiro atoms. The molecular formula is C14H15N3OS. The van der Waals surface area contributed by atoms with Crippen LogP contribution in [0, 0.1) is 11.3 Å². The molecule has 4 nitrogen and oxygen atoms in total. The summed E-state index contributed by atoms with van der Waals surface area (Å²) in [4.78, 5) is 12.8. The molecule has 0 atom stereocenters. The highest BCUT2D eigenvalue weighted by atomic mass is 32.2. The molecule has 1 aromatic rings. The van der Waals surface area contributed by atoms with Gasteiger partial charge in [0.1, 0.15) is 0 Å². The van der Waals surface area contributed by atoms with Gasteiger partial charge in [-0.2, -0.15) is 5.26 Å². The monoisotopic (exact) mass is 273 g/mol. The fraction of sp³-hybridized carbons (Fsp3) is 0.286. The molecule has 1 aromatic carbocycles. The fourth-order valence-corrected chi connectivity index (χ4v) is 2.49. The van der Waals surface area contributed by atoms with E-state index in [2.05, 4.69) is 28.9 Å². The Labute approximate surface area is 116 Å². The van der Waals surface area contributed by atoms with Crippen LogP contribution in [0.15, 0.2) is 35.2 Å². The molecule has 0 heterocycles. The van der Waals surface area contributed by atoms with Gasteiger partial charge in [-0.05, 0) is 37.3 Å². The lowest BCUT2D eigenvalue weighted by atomic mass is 10.2. The number of urea groups is 1. The maximum Gasteiger partial charge on any atom is 0.319 e. The Kier molecular flexibility index (Phi) is 4.48. The second-order valence-corrected chi connectivity index (χ2v) is 5.11. The lowest BCUT2D eigenvalue weighted by molar-refractivity contribution is 0.249. The third kappa shape index (κ3) is 3.52. The molecule has 0 aliphatic heterocycles. The van der Waals surface area contributed by atoms with E-state index in [1.807, 2.05) is 12.3 Å². The minimum absolute atomic E-state index is 0.178. The lowest BCUT2D eigenvalue weighted by Gasteiger charge is -2.14. The summed E-state index contributed by atoms with van der Waals surface area (Å²) in [6.07, 6.45) is 7.82. The number of rotatable bonds is 3. The van der Waals surface area contributed by atoms with E-state index in [0.717, 1.165) is 17.7 Å². The molecule has 0 aromatic heterocycles. The van der Waals surface area contributed by atoms with Crippen LogP contribution in [0.5, 0.6) is 0 Å². The Morgan fingerprint density at radius 3 is 2.79 bits per heavy atom. The molecule has 2 amide bonds. The predicted octanol–water partition coefficient (Wildman–Crippen LogP) is 3.12. The Balaban J connectivity index is 2.04. The summed E-state index contributed by atoms with van der Waals surface area (Å²) in [5, 5.41) is 14.6. The maximum absolute atomic E-state index is 11.9. The summed E-state index contributed by atoms with van der Waals surface area (Å²) < 4.78 is 0. The van der Waals surface area contributed by atoms with Gasteiger partial charge in [0.25, 0.3) is 0 Å². The van der Waals surface area contributed by atoms with Crippen LogP contribution in [-0.2, 0) is 0 Å². The number of hydrogen-bond acceptors (Lipinski definition) is 3. The number of carbonyl (C=O) groups is 1. The molecule has 0 saturated heterocycles. The molecular weight excluding hydrogens is 258 g/mol. The Morgan fingerprint density at radius 1 is 1.42 bits per heavy atom. The third-order valence-corrected chi connectivity index (χ3v) is 3.72. The average molecular weight is 273 g/mol. The van der Waals surface area contributed by atoms with Crippen molar-refractivity contribution in [2.24, 2.45) is 0 Å². The van der Waals surface area contributed by atoms with E-state index in [-0.39, 0.29) is 12.1 Å². The normalized spacial score (nSPS) is 14.1. The Bertz CT molecular complexity index is 540. The second-order valence-electron chi connectivity index (χ2n) is 4.27. The number of amides is 2. The van der Waals surface area contributed by atoms with Gasteiger partial charge in [0.05, 0.1) is 17.3 Å². The quantitative estimate of drug-likeness (QED) is 0.657. The van der Waals surface area contributed by atoms with E-state index in [9.17, 15) is 4.79 Å². The summed E-state index contributed by atoms with van der Waals surface area (Å²) in [7, 11) is 0. The molecule has 1 aliphatic carbocycles. The number of thioether (sulfide) groups is 1. The number of benzene rings is 1. The van der Waals surface area contributed by atoms with Crippen LogP contribution in [0.1, 0.15) is 18.4 Å². The lowest BCUT2D eigenvalue weighted by Crippen LogP contribution is -2.36. The van der Waals surface area contributed by atoms with Gasteiger partial charge in [-0.25, -0.2) is 4.79 Å². The molecule has 1 aliphatic rings. The standard InChI is InChI=1S/C14H15N3OS/c1-19-13-7-6-10(9-15)8-12(13)17-14(18)16-11-4-2-3-5-11/h2-3,6-8,11H,4-5H2,1H3,(H2,16,17,18). The van der Waals surface area contributed by atoms with Crippen molar-refractivity contribution < 1.29 is 4.79 Å². The van der Waals surface area contributed by atoms with E-state index < -0.39 is 0 Å². The molecule has 0 radical (unpaired) electrons. The SMILES string of the molecule is CSc1ccc(C#N)cc1NC(=O)NC1CC=CC1. The van der Waals surface area contributed by atoms with Crippen LogP contribution in [0.3, 0.4) is 0 Å². The first kappa shape index (κ1) is 13.5. The fourth-order valence-electron chi connectivity index (χ4n) is 1.95. The summed E-state index contributed by atoms with van der Waals surface area (Å²) in [5.74, 6) is 0. The second kappa shape index (κ2) is 6.30. The van der Waals surface area contributed by atoms with Gasteiger partial charge >= 0.3 is 6.03 Å². The minimum Gasteiger partial charge on any atom is -0.335 e. The van der Waals surface area contributed by atoms with Crippen molar-refractivity contribution in [2.45, 2.75) is 23.8 Å². The topological polar surface area (TPSA) is 64.9 Å². The third-order valence-electron chi connectivity index (χ3n) is 2.92. The van der Waals surface area contributed by atoms with E-state index >= 15 is 0 Å². The Hall–Kier alpha value is -1.93. The van der Waals surface area contributed by atoms with Gasteiger partial charge in [0.15, 0.2) is 0 Å². The van der Waals surface area contributed by atoms with Gasteiger partial charge < -0.3 is 10.6 Å². The van der Waals surface area contributed by atoms with Crippen LogP contribution in [0.2, 0.25) is 0 Å². The van der Waals surface area contributed by atoms with Crippen LogP contribution in [-0.4, -0.2) is 18.3 Å². The smallest absolute Gasteiger partial charge is 0.319 e. The number of hydrogen-bond donors (Lipinski definition) is 2. The largest absolute Gasteiger partial charge is 0.335 e. The molecule has 0 fully saturated rings. The number of nitrogens with zero attached hydrogens (tertiary/aromatic N) is 1. The van der Waals surface area contributed by atoms with Crippen molar-refractivity contribution in [1.82, 2.24) is 5.32 Å². The molecule has 2 rings (SSSR count). The first-order valence-electron chi connectivity index (χ1n) is 6.03. The van der Waals surface area contributed by atoms with E-state index in [1.54, 1.807) is 12.1 Å². The van der Waals surface area contributed by atoms with Crippen molar-refractivity contribution in [3.05, 3.63) is 35.9 Å². The highest BCUT2D eigenvalue weighted by Crippen LogP contribution is 2.26. The highest BCUT2D eigenvalue weighted by molar-refractivity contribution is 7.98. The summed E-state index contributed by atoms with van der Waals surface area (Å²) >= 11 is 1.54. The molecule has 19 heavy (non-hydrogen) atoms. The Morgan fingerprint density at radius 2 is 2.16 bits per heavy atom. The van der Waals surface area contributed by atoms with E-state index in [4.69, 9.17) is 5.26 Å². The van der Waals surface area contributed by atoms with Crippen LogP contribution in [0.25, 0.3) is 0 Å². The molecule has 0 unspecified atom stereocenters. The van der Waals surface area contributed by atoms with Gasteiger partial charge in [-0.3, -0.25) is 0 Å².